The van der Waals surface area contributed by atoms with Crippen LogP contribution in [0, 0.1) is 6.92 Å². The van der Waals surface area contributed by atoms with E-state index in [1.807, 2.05) is 32.0 Å². The van der Waals surface area contributed by atoms with Gasteiger partial charge in [-0.1, -0.05) is 35.5 Å². The lowest BCUT2D eigenvalue weighted by molar-refractivity contribution is 0.159. The number of benzene rings is 2. The fraction of sp³-hybridized carbons (Fsp3) is 0.227. The number of hydrogen-bond donors (Lipinski definition) is 0. The molecule has 2 aromatic carbocycles. The van der Waals surface area contributed by atoms with Crippen LogP contribution in [0.4, 0.5) is 0 Å². The highest BCUT2D eigenvalue weighted by molar-refractivity contribution is 6.01. The van der Waals surface area contributed by atoms with Crippen molar-refractivity contribution in [2.45, 2.75) is 20.8 Å². The van der Waals surface area contributed by atoms with Crippen LogP contribution in [0.1, 0.15) is 25.1 Å². The second-order valence-corrected chi connectivity index (χ2v) is 6.02. The van der Waals surface area contributed by atoms with Crippen LogP contribution in [0.15, 0.2) is 65.8 Å². The molecule has 0 bridgehead atoms. The number of oxime groups is 1. The Morgan fingerprint density at radius 3 is 2.35 bits per heavy atom. The van der Waals surface area contributed by atoms with Crippen LogP contribution in [-0.2, 0) is 4.84 Å². The van der Waals surface area contributed by atoms with Gasteiger partial charge in [-0.2, -0.15) is 0 Å². The summed E-state index contributed by atoms with van der Waals surface area (Å²) in [5, 5.41) is 4.23. The molecule has 134 valence electrons. The van der Waals surface area contributed by atoms with Gasteiger partial charge in [0.1, 0.15) is 12.4 Å². The van der Waals surface area contributed by atoms with Crippen molar-refractivity contribution < 1.29 is 9.57 Å². The van der Waals surface area contributed by atoms with E-state index >= 15 is 0 Å². The SMILES string of the molecule is CCO/N=C(/C)c1cc(-c2ccccc2)n(-c2ccc(OC)cc2)c1C. The molecular weight excluding hydrogens is 324 g/mol. The van der Waals surface area contributed by atoms with E-state index in [0.717, 1.165) is 39.7 Å². The van der Waals surface area contributed by atoms with Gasteiger partial charge < -0.3 is 14.1 Å². The topological polar surface area (TPSA) is 35.8 Å². The Morgan fingerprint density at radius 1 is 1.04 bits per heavy atom. The van der Waals surface area contributed by atoms with E-state index in [4.69, 9.17) is 9.57 Å². The van der Waals surface area contributed by atoms with Crippen LogP contribution in [0.2, 0.25) is 0 Å². The Kier molecular flexibility index (Phi) is 5.42. The van der Waals surface area contributed by atoms with Gasteiger partial charge in [0.15, 0.2) is 0 Å². The molecule has 3 aromatic rings. The van der Waals surface area contributed by atoms with Crippen molar-refractivity contribution >= 4 is 5.71 Å². The average molecular weight is 348 g/mol. The van der Waals surface area contributed by atoms with Gasteiger partial charge in [-0.15, -0.1) is 0 Å². The molecule has 4 nitrogen and oxygen atoms in total. The maximum Gasteiger partial charge on any atom is 0.119 e. The molecule has 0 spiro atoms. The molecule has 26 heavy (non-hydrogen) atoms. The van der Waals surface area contributed by atoms with E-state index in [2.05, 4.69) is 59.1 Å². The van der Waals surface area contributed by atoms with Gasteiger partial charge in [-0.3, -0.25) is 0 Å². The molecule has 0 radical (unpaired) electrons. The molecule has 0 aliphatic carbocycles. The van der Waals surface area contributed by atoms with Gasteiger partial charge in [0.2, 0.25) is 0 Å². The minimum absolute atomic E-state index is 0.557. The van der Waals surface area contributed by atoms with Crippen molar-refractivity contribution in [3.63, 3.8) is 0 Å². The van der Waals surface area contributed by atoms with E-state index in [9.17, 15) is 0 Å². The maximum absolute atomic E-state index is 5.29. The molecule has 1 aromatic heterocycles. The minimum Gasteiger partial charge on any atom is -0.497 e. The zero-order valence-corrected chi connectivity index (χ0v) is 15.7. The molecule has 4 heteroatoms. The standard InChI is InChI=1S/C22H24N2O2/c1-5-26-23-16(2)21-15-22(18-9-7-6-8-10-18)24(17(21)3)19-11-13-20(25-4)14-12-19/h6-15H,5H2,1-4H3/b23-16-. The highest BCUT2D eigenvalue weighted by Gasteiger charge is 2.17. The zero-order valence-electron chi connectivity index (χ0n) is 15.7. The van der Waals surface area contributed by atoms with Gasteiger partial charge in [0, 0.05) is 16.9 Å². The van der Waals surface area contributed by atoms with Gasteiger partial charge >= 0.3 is 0 Å². The highest BCUT2D eigenvalue weighted by Crippen LogP contribution is 2.30. The van der Waals surface area contributed by atoms with Gasteiger partial charge in [0.25, 0.3) is 0 Å². The number of methoxy groups -OCH3 is 1. The lowest BCUT2D eigenvalue weighted by Crippen LogP contribution is -2.02. The molecule has 1 heterocycles. The quantitative estimate of drug-likeness (QED) is 0.452. The number of hydrogen-bond acceptors (Lipinski definition) is 3. The summed E-state index contributed by atoms with van der Waals surface area (Å²) >= 11 is 0. The van der Waals surface area contributed by atoms with E-state index in [1.54, 1.807) is 7.11 Å². The van der Waals surface area contributed by atoms with Crippen LogP contribution in [-0.4, -0.2) is 24.0 Å². The molecular formula is C22H24N2O2. The second-order valence-electron chi connectivity index (χ2n) is 6.02. The third-order valence-electron chi connectivity index (χ3n) is 4.37. The second kappa shape index (κ2) is 7.91. The summed E-state index contributed by atoms with van der Waals surface area (Å²) in [5.41, 5.74) is 6.42. The first-order chi connectivity index (χ1) is 12.7. The van der Waals surface area contributed by atoms with Crippen molar-refractivity contribution in [1.29, 1.82) is 0 Å². The van der Waals surface area contributed by atoms with Crippen molar-refractivity contribution in [2.24, 2.45) is 5.16 Å². The first-order valence-corrected chi connectivity index (χ1v) is 8.74. The van der Waals surface area contributed by atoms with E-state index in [0.29, 0.717) is 6.61 Å². The van der Waals surface area contributed by atoms with Crippen LogP contribution < -0.4 is 4.74 Å². The lowest BCUT2D eigenvalue weighted by Gasteiger charge is -2.13. The van der Waals surface area contributed by atoms with Gasteiger partial charge in [-0.25, -0.2) is 0 Å². The minimum atomic E-state index is 0.557. The number of ether oxygens (including phenoxy) is 1. The normalized spacial score (nSPS) is 11.5. The Hall–Kier alpha value is -3.01. The third kappa shape index (κ3) is 3.49. The summed E-state index contributed by atoms with van der Waals surface area (Å²) < 4.78 is 7.54. The van der Waals surface area contributed by atoms with Crippen LogP contribution in [0.5, 0.6) is 5.75 Å². The predicted molar refractivity (Wildman–Crippen MR) is 106 cm³/mol. The fourth-order valence-electron chi connectivity index (χ4n) is 3.07. The van der Waals surface area contributed by atoms with Crippen LogP contribution >= 0.6 is 0 Å². The molecule has 0 saturated carbocycles. The van der Waals surface area contributed by atoms with Crippen molar-refractivity contribution in [3.05, 3.63) is 71.9 Å². The Bertz CT molecular complexity index is 894. The summed E-state index contributed by atoms with van der Waals surface area (Å²) in [6.45, 7) is 6.57. The van der Waals surface area contributed by atoms with E-state index in [-0.39, 0.29) is 0 Å². The number of aromatic nitrogens is 1. The first-order valence-electron chi connectivity index (χ1n) is 8.74. The van der Waals surface area contributed by atoms with Crippen LogP contribution in [0.3, 0.4) is 0 Å². The van der Waals surface area contributed by atoms with Crippen molar-refractivity contribution in [1.82, 2.24) is 4.57 Å². The van der Waals surface area contributed by atoms with Gasteiger partial charge in [-0.05, 0) is 56.7 Å². The molecule has 0 atom stereocenters. The summed E-state index contributed by atoms with van der Waals surface area (Å²) in [5.74, 6) is 0.842. The Morgan fingerprint density at radius 2 is 1.73 bits per heavy atom. The predicted octanol–water partition coefficient (Wildman–Crippen LogP) is 5.22. The molecule has 3 rings (SSSR count). The fourth-order valence-corrected chi connectivity index (χ4v) is 3.07. The third-order valence-corrected chi connectivity index (χ3v) is 4.37. The Labute approximate surface area is 154 Å². The van der Waals surface area contributed by atoms with Gasteiger partial charge in [0.05, 0.1) is 18.5 Å². The molecule has 0 amide bonds. The molecule has 0 unspecified atom stereocenters. The molecule has 0 N–H and O–H groups in total. The van der Waals surface area contributed by atoms with Crippen molar-refractivity contribution in [3.8, 4) is 22.7 Å². The zero-order chi connectivity index (χ0) is 18.5. The van der Waals surface area contributed by atoms with E-state index in [1.165, 1.54) is 0 Å². The Balaban J connectivity index is 2.18. The van der Waals surface area contributed by atoms with Crippen LogP contribution in [0.25, 0.3) is 16.9 Å². The first kappa shape index (κ1) is 17.8. The molecule has 0 saturated heterocycles. The van der Waals surface area contributed by atoms with E-state index < -0.39 is 0 Å². The highest BCUT2D eigenvalue weighted by atomic mass is 16.6. The average Bonchev–Trinajstić information content (AvgIpc) is 3.04. The largest absolute Gasteiger partial charge is 0.497 e. The maximum atomic E-state index is 5.29. The lowest BCUT2D eigenvalue weighted by atomic mass is 10.1. The summed E-state index contributed by atoms with van der Waals surface area (Å²) in [6.07, 6.45) is 0. The number of rotatable bonds is 6. The van der Waals surface area contributed by atoms with Crippen molar-refractivity contribution in [2.75, 3.05) is 13.7 Å². The molecule has 0 aliphatic rings. The molecule has 0 aliphatic heterocycles. The summed E-state index contributed by atoms with van der Waals surface area (Å²) in [4.78, 5) is 5.26. The molecule has 0 fully saturated rings. The smallest absolute Gasteiger partial charge is 0.119 e. The summed E-state index contributed by atoms with van der Waals surface area (Å²) in [7, 11) is 1.68. The number of nitrogens with zero attached hydrogens (tertiary/aromatic N) is 2. The summed E-state index contributed by atoms with van der Waals surface area (Å²) in [6, 6.07) is 20.6. The monoisotopic (exact) mass is 348 g/mol.